The lowest BCUT2D eigenvalue weighted by Gasteiger charge is -2.32. The van der Waals surface area contributed by atoms with Crippen LogP contribution in [0.3, 0.4) is 0 Å². The molecule has 1 fully saturated rings. The Morgan fingerprint density at radius 1 is 1.24 bits per heavy atom. The van der Waals surface area contributed by atoms with Gasteiger partial charge in [0.15, 0.2) is 6.10 Å². The third-order valence-corrected chi connectivity index (χ3v) is 4.93. The summed E-state index contributed by atoms with van der Waals surface area (Å²) in [6, 6.07) is 8.27. The SMILES string of the molecule is CSc1ccc(OC(C)C(=O)N(C)C2CCCCC2)cc1. The molecule has 4 heteroatoms. The summed E-state index contributed by atoms with van der Waals surface area (Å²) in [7, 11) is 1.91. The van der Waals surface area contributed by atoms with Gasteiger partial charge >= 0.3 is 0 Å². The van der Waals surface area contributed by atoms with Crippen LogP contribution in [0.25, 0.3) is 0 Å². The molecular formula is C17H25NO2S. The summed E-state index contributed by atoms with van der Waals surface area (Å²) in [6.07, 6.45) is 7.61. The predicted molar refractivity (Wildman–Crippen MR) is 88.0 cm³/mol. The number of carbonyl (C=O) groups is 1. The molecule has 0 bridgehead atoms. The van der Waals surface area contributed by atoms with Crippen LogP contribution in [-0.4, -0.2) is 36.3 Å². The molecule has 1 aliphatic carbocycles. The van der Waals surface area contributed by atoms with Gasteiger partial charge in [-0.25, -0.2) is 0 Å². The summed E-state index contributed by atoms with van der Waals surface area (Å²) < 4.78 is 5.79. The van der Waals surface area contributed by atoms with Crippen LogP contribution in [-0.2, 0) is 4.79 Å². The number of hydrogen-bond donors (Lipinski definition) is 0. The Morgan fingerprint density at radius 2 is 1.86 bits per heavy atom. The molecule has 21 heavy (non-hydrogen) atoms. The number of ether oxygens (including phenoxy) is 1. The van der Waals surface area contributed by atoms with Gasteiger partial charge in [-0.2, -0.15) is 0 Å². The summed E-state index contributed by atoms with van der Waals surface area (Å²) >= 11 is 1.70. The Morgan fingerprint density at radius 3 is 2.43 bits per heavy atom. The van der Waals surface area contributed by atoms with E-state index in [4.69, 9.17) is 4.74 Å². The smallest absolute Gasteiger partial charge is 0.263 e. The number of hydrogen-bond acceptors (Lipinski definition) is 3. The second kappa shape index (κ2) is 7.74. The van der Waals surface area contributed by atoms with Crippen LogP contribution in [0.15, 0.2) is 29.2 Å². The van der Waals surface area contributed by atoms with Crippen molar-refractivity contribution in [3.05, 3.63) is 24.3 Å². The molecule has 1 aromatic rings. The first-order valence-corrected chi connectivity index (χ1v) is 8.91. The third kappa shape index (κ3) is 4.40. The number of benzene rings is 1. The Hall–Kier alpha value is -1.16. The topological polar surface area (TPSA) is 29.5 Å². The van der Waals surface area contributed by atoms with Crippen molar-refractivity contribution in [1.29, 1.82) is 0 Å². The molecule has 0 radical (unpaired) electrons. The zero-order chi connectivity index (χ0) is 15.2. The third-order valence-electron chi connectivity index (χ3n) is 4.19. The van der Waals surface area contributed by atoms with Gasteiger partial charge in [0.2, 0.25) is 0 Å². The fraction of sp³-hybridized carbons (Fsp3) is 0.588. The van der Waals surface area contributed by atoms with Crippen molar-refractivity contribution >= 4 is 17.7 Å². The maximum atomic E-state index is 12.5. The molecule has 0 N–H and O–H groups in total. The molecule has 116 valence electrons. The van der Waals surface area contributed by atoms with Crippen molar-refractivity contribution < 1.29 is 9.53 Å². The van der Waals surface area contributed by atoms with Crippen LogP contribution < -0.4 is 4.74 Å². The van der Waals surface area contributed by atoms with E-state index in [9.17, 15) is 4.79 Å². The van der Waals surface area contributed by atoms with Gasteiger partial charge in [-0.15, -0.1) is 11.8 Å². The van der Waals surface area contributed by atoms with Crippen molar-refractivity contribution in [2.45, 2.75) is 56.1 Å². The van der Waals surface area contributed by atoms with Gasteiger partial charge in [-0.05, 0) is 50.3 Å². The van der Waals surface area contributed by atoms with Crippen molar-refractivity contribution in [1.82, 2.24) is 4.90 Å². The van der Waals surface area contributed by atoms with Gasteiger partial charge in [-0.1, -0.05) is 19.3 Å². The Kier molecular flexibility index (Phi) is 5.97. The highest BCUT2D eigenvalue weighted by molar-refractivity contribution is 7.98. The molecule has 0 heterocycles. The first-order chi connectivity index (χ1) is 10.1. The minimum Gasteiger partial charge on any atom is -0.481 e. The van der Waals surface area contributed by atoms with Crippen LogP contribution in [0.2, 0.25) is 0 Å². The fourth-order valence-electron chi connectivity index (χ4n) is 2.84. The van der Waals surface area contributed by atoms with Crippen LogP contribution in [0.5, 0.6) is 5.75 Å². The maximum Gasteiger partial charge on any atom is 0.263 e. The Balaban J connectivity index is 1.91. The molecule has 1 amide bonds. The summed E-state index contributed by atoms with van der Waals surface area (Å²) in [5.74, 6) is 0.835. The Labute approximate surface area is 132 Å². The predicted octanol–water partition coefficient (Wildman–Crippen LogP) is 3.97. The van der Waals surface area contributed by atoms with Gasteiger partial charge in [0.1, 0.15) is 5.75 Å². The Bertz CT molecular complexity index is 454. The van der Waals surface area contributed by atoms with Gasteiger partial charge in [0.25, 0.3) is 5.91 Å². The van der Waals surface area contributed by atoms with Gasteiger partial charge in [0, 0.05) is 18.0 Å². The highest BCUT2D eigenvalue weighted by atomic mass is 32.2. The molecule has 0 spiro atoms. The first kappa shape index (κ1) is 16.2. The normalized spacial score (nSPS) is 17.3. The standard InChI is InChI=1S/C17H25NO2S/c1-13(20-15-9-11-16(21-3)12-10-15)17(19)18(2)14-7-5-4-6-8-14/h9-14H,4-8H2,1-3H3. The van der Waals surface area contributed by atoms with E-state index >= 15 is 0 Å². The van der Waals surface area contributed by atoms with E-state index < -0.39 is 6.10 Å². The molecule has 0 aromatic heterocycles. The van der Waals surface area contributed by atoms with Crippen molar-refractivity contribution in [2.75, 3.05) is 13.3 Å². The van der Waals surface area contributed by atoms with E-state index in [0.29, 0.717) is 6.04 Å². The zero-order valence-electron chi connectivity index (χ0n) is 13.2. The van der Waals surface area contributed by atoms with Crippen LogP contribution in [0, 0.1) is 0 Å². The van der Waals surface area contributed by atoms with Gasteiger partial charge < -0.3 is 9.64 Å². The molecule has 1 aromatic carbocycles. The van der Waals surface area contributed by atoms with Crippen molar-refractivity contribution in [3.8, 4) is 5.75 Å². The number of amides is 1. The number of carbonyl (C=O) groups excluding carboxylic acids is 1. The summed E-state index contributed by atoms with van der Waals surface area (Å²) in [4.78, 5) is 15.6. The lowest BCUT2D eigenvalue weighted by molar-refractivity contribution is -0.139. The number of nitrogens with zero attached hydrogens (tertiary/aromatic N) is 1. The summed E-state index contributed by atoms with van der Waals surface area (Å²) in [5, 5.41) is 0. The van der Waals surface area contributed by atoms with Crippen molar-refractivity contribution in [2.24, 2.45) is 0 Å². The molecular weight excluding hydrogens is 282 g/mol. The molecule has 1 atom stereocenters. The summed E-state index contributed by atoms with van der Waals surface area (Å²) in [6.45, 7) is 1.84. The molecule has 1 aliphatic rings. The lowest BCUT2D eigenvalue weighted by Crippen LogP contribution is -2.44. The summed E-state index contributed by atoms with van der Waals surface area (Å²) in [5.41, 5.74) is 0. The van der Waals surface area contributed by atoms with Gasteiger partial charge in [0.05, 0.1) is 0 Å². The monoisotopic (exact) mass is 307 g/mol. The minimum atomic E-state index is -0.433. The second-order valence-electron chi connectivity index (χ2n) is 5.68. The number of thioether (sulfide) groups is 1. The quantitative estimate of drug-likeness (QED) is 0.771. The highest BCUT2D eigenvalue weighted by Crippen LogP contribution is 2.23. The zero-order valence-corrected chi connectivity index (χ0v) is 14.0. The average Bonchev–Trinajstić information content (AvgIpc) is 2.55. The van der Waals surface area contributed by atoms with Gasteiger partial charge in [-0.3, -0.25) is 4.79 Å². The lowest BCUT2D eigenvalue weighted by atomic mass is 9.94. The number of rotatable bonds is 5. The highest BCUT2D eigenvalue weighted by Gasteiger charge is 2.26. The minimum absolute atomic E-state index is 0.0795. The van der Waals surface area contributed by atoms with Crippen molar-refractivity contribution in [3.63, 3.8) is 0 Å². The molecule has 3 nitrogen and oxygen atoms in total. The maximum absolute atomic E-state index is 12.5. The molecule has 1 saturated carbocycles. The van der Waals surface area contributed by atoms with Crippen LogP contribution in [0.4, 0.5) is 0 Å². The van der Waals surface area contributed by atoms with Crippen LogP contribution >= 0.6 is 11.8 Å². The van der Waals surface area contributed by atoms with E-state index in [-0.39, 0.29) is 5.91 Å². The van der Waals surface area contributed by atoms with E-state index in [1.807, 2.05) is 49.4 Å². The molecule has 0 saturated heterocycles. The molecule has 2 rings (SSSR count). The van der Waals surface area contributed by atoms with E-state index in [1.54, 1.807) is 11.8 Å². The van der Waals surface area contributed by atoms with Crippen LogP contribution in [0.1, 0.15) is 39.0 Å². The fourth-order valence-corrected chi connectivity index (χ4v) is 3.25. The van der Waals surface area contributed by atoms with E-state index in [2.05, 4.69) is 0 Å². The number of likely N-dealkylation sites (N-methyl/N-ethyl adjacent to an activating group) is 1. The average molecular weight is 307 g/mol. The first-order valence-electron chi connectivity index (χ1n) is 7.69. The van der Waals surface area contributed by atoms with E-state index in [0.717, 1.165) is 18.6 Å². The second-order valence-corrected chi connectivity index (χ2v) is 6.56. The van der Waals surface area contributed by atoms with E-state index in [1.165, 1.54) is 24.2 Å². The largest absolute Gasteiger partial charge is 0.481 e. The molecule has 1 unspecified atom stereocenters. The molecule has 0 aliphatic heterocycles.